The minimum atomic E-state index is 0.552. The zero-order valence-corrected chi connectivity index (χ0v) is 18.3. The molecule has 2 aromatic carbocycles. The summed E-state index contributed by atoms with van der Waals surface area (Å²) in [6, 6.07) is 13.7. The van der Waals surface area contributed by atoms with Gasteiger partial charge in [0, 0.05) is 60.9 Å². The first-order valence-electron chi connectivity index (χ1n) is 10.9. The Morgan fingerprint density at radius 3 is 2.23 bits per heavy atom. The van der Waals surface area contributed by atoms with Gasteiger partial charge in [-0.1, -0.05) is 19.9 Å². The van der Waals surface area contributed by atoms with Gasteiger partial charge < -0.3 is 15.2 Å². The number of nitrogens with one attached hydrogen (secondary N) is 2. The molecule has 0 spiro atoms. The molecule has 1 heterocycles. The lowest BCUT2D eigenvalue weighted by atomic mass is 10.1. The molecular weight excluding hydrogens is 388 g/mol. The second-order valence-electron chi connectivity index (χ2n) is 7.87. The Kier molecular flexibility index (Phi) is 8.24. The Bertz CT molecular complexity index is 887. The van der Waals surface area contributed by atoms with Crippen LogP contribution in [-0.2, 0) is 6.54 Å². The number of hydrogen-bond donors (Lipinski definition) is 2. The summed E-state index contributed by atoms with van der Waals surface area (Å²) < 4.78 is 0. The van der Waals surface area contributed by atoms with Crippen molar-refractivity contribution in [2.45, 2.75) is 32.7 Å². The Hall–Kier alpha value is -3.12. The van der Waals surface area contributed by atoms with Gasteiger partial charge in [0.25, 0.3) is 0 Å². The summed E-state index contributed by atoms with van der Waals surface area (Å²) in [5.74, 6) is 0. The third kappa shape index (κ3) is 6.18. The van der Waals surface area contributed by atoms with Crippen LogP contribution in [0.25, 0.3) is 0 Å². The molecule has 3 rings (SSSR count). The van der Waals surface area contributed by atoms with Gasteiger partial charge in [-0.05, 0) is 60.9 Å². The van der Waals surface area contributed by atoms with Crippen molar-refractivity contribution in [2.75, 3.05) is 36.0 Å². The van der Waals surface area contributed by atoms with Crippen LogP contribution in [0, 0.1) is 0 Å². The van der Waals surface area contributed by atoms with Crippen LogP contribution in [-0.4, -0.2) is 38.8 Å². The highest BCUT2D eigenvalue weighted by molar-refractivity contribution is 5.79. The maximum Gasteiger partial charge on any atom is 0.150 e. The van der Waals surface area contributed by atoms with Gasteiger partial charge in [-0.2, -0.15) is 0 Å². The molecule has 164 valence electrons. The van der Waals surface area contributed by atoms with E-state index in [4.69, 9.17) is 0 Å². The smallest absolute Gasteiger partial charge is 0.150 e. The third-order valence-corrected chi connectivity index (χ3v) is 5.67. The average molecular weight is 421 g/mol. The van der Waals surface area contributed by atoms with E-state index in [9.17, 15) is 9.59 Å². The molecule has 1 aliphatic heterocycles. The zero-order valence-electron chi connectivity index (χ0n) is 18.3. The van der Waals surface area contributed by atoms with Crippen molar-refractivity contribution in [3.8, 4) is 0 Å². The van der Waals surface area contributed by atoms with Gasteiger partial charge in [-0.15, -0.1) is 0 Å². The summed E-state index contributed by atoms with van der Waals surface area (Å²) >= 11 is 0. The zero-order chi connectivity index (χ0) is 22.1. The summed E-state index contributed by atoms with van der Waals surface area (Å²) in [6.45, 7) is 10.3. The number of benzene rings is 2. The summed E-state index contributed by atoms with van der Waals surface area (Å²) in [7, 11) is 0. The summed E-state index contributed by atoms with van der Waals surface area (Å²) in [6.07, 6.45) is 4.96. The van der Waals surface area contributed by atoms with Crippen LogP contribution < -0.4 is 20.7 Å². The lowest BCUT2D eigenvalue weighted by Crippen LogP contribution is -2.46. The first kappa shape index (κ1) is 22.6. The molecule has 6 nitrogen and oxygen atoms in total. The number of nitrogens with zero attached hydrogens (tertiary/aromatic N) is 2. The normalized spacial score (nSPS) is 13.7. The molecule has 0 atom stereocenters. The number of anilines is 2. The van der Waals surface area contributed by atoms with Crippen LogP contribution >= 0.6 is 0 Å². The summed E-state index contributed by atoms with van der Waals surface area (Å²) in [5, 5.41) is 0. The maximum atomic E-state index is 11.5. The van der Waals surface area contributed by atoms with Crippen LogP contribution in [0.4, 0.5) is 11.4 Å². The number of unbranched alkanes of at least 4 members (excludes halogenated alkanes) is 1. The minimum Gasteiger partial charge on any atom is -0.368 e. The second kappa shape index (κ2) is 11.3. The van der Waals surface area contributed by atoms with Crippen molar-refractivity contribution in [1.29, 1.82) is 0 Å². The highest BCUT2D eigenvalue weighted by Gasteiger charge is 2.18. The van der Waals surface area contributed by atoms with E-state index in [0.29, 0.717) is 17.7 Å². The van der Waals surface area contributed by atoms with E-state index in [1.807, 2.05) is 36.4 Å². The lowest BCUT2D eigenvalue weighted by molar-refractivity contribution is 0.111. The molecule has 0 unspecified atom stereocenters. The number of aldehydes is 2. The van der Waals surface area contributed by atoms with Crippen LogP contribution in [0.3, 0.4) is 0 Å². The summed E-state index contributed by atoms with van der Waals surface area (Å²) in [5.41, 5.74) is 11.9. The Balaban J connectivity index is 1.58. The van der Waals surface area contributed by atoms with Crippen molar-refractivity contribution >= 4 is 23.9 Å². The maximum absolute atomic E-state index is 11.5. The van der Waals surface area contributed by atoms with Gasteiger partial charge in [-0.3, -0.25) is 9.59 Å². The standard InChI is InChI=1S/C25H32N4O2/c1-3-4-5-20(2)27-26-17-23-16-25(11-8-22(23)19-31)29-14-12-28(13-15-29)24-9-6-21(18-30)7-10-24/h6-11,16,18-19,26-27H,2-5,12-15,17H2,1H3. The fraction of sp³-hybridized carbons (Fsp3) is 0.360. The minimum absolute atomic E-state index is 0.552. The molecule has 1 aliphatic rings. The molecular formula is C25H32N4O2. The van der Waals surface area contributed by atoms with E-state index in [1.165, 1.54) is 0 Å². The van der Waals surface area contributed by atoms with Gasteiger partial charge in [0.15, 0.2) is 0 Å². The summed E-state index contributed by atoms with van der Waals surface area (Å²) in [4.78, 5) is 27.0. The lowest BCUT2D eigenvalue weighted by Gasteiger charge is -2.37. The molecule has 2 aromatic rings. The van der Waals surface area contributed by atoms with E-state index in [-0.39, 0.29) is 0 Å². The second-order valence-corrected chi connectivity index (χ2v) is 7.87. The molecule has 31 heavy (non-hydrogen) atoms. The van der Waals surface area contributed by atoms with Crippen LogP contribution in [0.2, 0.25) is 0 Å². The van der Waals surface area contributed by atoms with Gasteiger partial charge in [0.1, 0.15) is 12.6 Å². The third-order valence-electron chi connectivity index (χ3n) is 5.67. The van der Waals surface area contributed by atoms with Crippen LogP contribution in [0.15, 0.2) is 54.7 Å². The Morgan fingerprint density at radius 1 is 0.968 bits per heavy atom. The SMILES string of the molecule is C=C(CCCC)NNCc1cc(N2CCN(c3ccc(C=O)cc3)CC2)ccc1C=O. The molecule has 0 amide bonds. The van der Waals surface area contributed by atoms with Crippen LogP contribution in [0.5, 0.6) is 0 Å². The number of carbonyl (C=O) groups is 2. The monoisotopic (exact) mass is 420 g/mol. The number of piperazine rings is 1. The predicted octanol–water partition coefficient (Wildman–Crippen LogP) is 3.94. The molecule has 2 N–H and O–H groups in total. The van der Waals surface area contributed by atoms with E-state index in [1.54, 1.807) is 0 Å². The molecule has 0 aliphatic carbocycles. The number of hydrogen-bond acceptors (Lipinski definition) is 6. The quantitative estimate of drug-likeness (QED) is 0.424. The predicted molar refractivity (Wildman–Crippen MR) is 127 cm³/mol. The molecule has 6 heteroatoms. The average Bonchev–Trinajstić information content (AvgIpc) is 2.83. The largest absolute Gasteiger partial charge is 0.368 e. The molecule has 0 radical (unpaired) electrons. The fourth-order valence-corrected chi connectivity index (χ4v) is 3.76. The van der Waals surface area contributed by atoms with E-state index < -0.39 is 0 Å². The number of carbonyl (C=O) groups excluding carboxylic acids is 2. The van der Waals surface area contributed by atoms with Crippen molar-refractivity contribution in [1.82, 2.24) is 10.9 Å². The van der Waals surface area contributed by atoms with Gasteiger partial charge in [0.05, 0.1) is 0 Å². The number of hydrazine groups is 1. The highest BCUT2D eigenvalue weighted by atomic mass is 16.1. The van der Waals surface area contributed by atoms with Crippen molar-refractivity contribution in [3.05, 3.63) is 71.4 Å². The highest BCUT2D eigenvalue weighted by Crippen LogP contribution is 2.23. The van der Waals surface area contributed by atoms with Crippen molar-refractivity contribution in [3.63, 3.8) is 0 Å². The van der Waals surface area contributed by atoms with E-state index in [2.05, 4.69) is 40.2 Å². The Morgan fingerprint density at radius 2 is 1.61 bits per heavy atom. The first-order valence-corrected chi connectivity index (χ1v) is 10.9. The molecule has 0 saturated carbocycles. The van der Waals surface area contributed by atoms with E-state index in [0.717, 1.165) is 80.6 Å². The van der Waals surface area contributed by atoms with Crippen molar-refractivity contribution in [2.24, 2.45) is 0 Å². The van der Waals surface area contributed by atoms with Gasteiger partial charge >= 0.3 is 0 Å². The number of allylic oxidation sites excluding steroid dienone is 1. The molecule has 0 bridgehead atoms. The van der Waals surface area contributed by atoms with Crippen molar-refractivity contribution < 1.29 is 9.59 Å². The number of rotatable bonds is 11. The Labute approximate surface area is 184 Å². The topological polar surface area (TPSA) is 64.7 Å². The van der Waals surface area contributed by atoms with Gasteiger partial charge in [0.2, 0.25) is 0 Å². The molecule has 1 fully saturated rings. The first-order chi connectivity index (χ1) is 15.1. The van der Waals surface area contributed by atoms with Gasteiger partial charge in [-0.25, -0.2) is 5.43 Å². The fourth-order valence-electron chi connectivity index (χ4n) is 3.76. The molecule has 0 aromatic heterocycles. The van der Waals surface area contributed by atoms with E-state index >= 15 is 0 Å². The van der Waals surface area contributed by atoms with Crippen LogP contribution in [0.1, 0.15) is 52.5 Å². The molecule has 1 saturated heterocycles.